The van der Waals surface area contributed by atoms with Crippen molar-refractivity contribution in [2.45, 2.75) is 39.4 Å². The fourth-order valence-corrected chi connectivity index (χ4v) is 1.80. The zero-order valence-electron chi connectivity index (χ0n) is 7.71. The van der Waals surface area contributed by atoms with Crippen molar-refractivity contribution in [1.82, 2.24) is 0 Å². The Labute approximate surface area is 69.4 Å². The van der Waals surface area contributed by atoms with Crippen LogP contribution in [0.25, 0.3) is 0 Å². The van der Waals surface area contributed by atoms with E-state index in [-0.39, 0.29) is 0 Å². The molecule has 1 fully saturated rings. The molecule has 0 aromatic carbocycles. The lowest BCUT2D eigenvalue weighted by Crippen LogP contribution is -2.35. The molecule has 1 aliphatic heterocycles. The quantitative estimate of drug-likeness (QED) is 0.527. The molecule has 64 valence electrons. The average Bonchev–Trinajstić information content (AvgIpc) is 1.96. The molecule has 1 rings (SSSR count). The van der Waals surface area contributed by atoms with Crippen LogP contribution in [0.2, 0.25) is 0 Å². The minimum atomic E-state index is 0.391. The molecule has 0 spiro atoms. The van der Waals surface area contributed by atoms with E-state index in [0.717, 1.165) is 6.42 Å². The van der Waals surface area contributed by atoms with Crippen molar-refractivity contribution in [2.24, 2.45) is 11.8 Å². The van der Waals surface area contributed by atoms with Gasteiger partial charge in [0.2, 0.25) is 0 Å². The van der Waals surface area contributed by atoms with Gasteiger partial charge in [-0.1, -0.05) is 13.0 Å². The van der Waals surface area contributed by atoms with Crippen molar-refractivity contribution in [3.05, 3.63) is 12.7 Å². The third kappa shape index (κ3) is 1.84. The summed E-state index contributed by atoms with van der Waals surface area (Å²) in [6.45, 7) is 10.4. The van der Waals surface area contributed by atoms with E-state index in [9.17, 15) is 0 Å². The molecule has 1 nitrogen and oxygen atoms in total. The maximum absolute atomic E-state index is 5.68. The summed E-state index contributed by atoms with van der Waals surface area (Å²) in [5.41, 5.74) is 0. The molecule has 4 atom stereocenters. The van der Waals surface area contributed by atoms with E-state index >= 15 is 0 Å². The van der Waals surface area contributed by atoms with Gasteiger partial charge in [0.05, 0.1) is 12.2 Å². The van der Waals surface area contributed by atoms with Gasteiger partial charge in [-0.3, -0.25) is 0 Å². The molecular formula is C10H18O. The van der Waals surface area contributed by atoms with E-state index in [4.69, 9.17) is 4.74 Å². The normalized spacial score (nSPS) is 45.4. The van der Waals surface area contributed by atoms with E-state index in [1.54, 1.807) is 0 Å². The van der Waals surface area contributed by atoms with Crippen LogP contribution in [0.1, 0.15) is 27.2 Å². The molecule has 0 aromatic rings. The van der Waals surface area contributed by atoms with Gasteiger partial charge in [-0.15, -0.1) is 6.58 Å². The van der Waals surface area contributed by atoms with Crippen molar-refractivity contribution in [2.75, 3.05) is 0 Å². The number of hydrogen-bond acceptors (Lipinski definition) is 1. The monoisotopic (exact) mass is 154 g/mol. The van der Waals surface area contributed by atoms with Gasteiger partial charge in [0.15, 0.2) is 0 Å². The smallest absolute Gasteiger partial charge is 0.0581 e. The van der Waals surface area contributed by atoms with Crippen LogP contribution >= 0.6 is 0 Å². The van der Waals surface area contributed by atoms with Gasteiger partial charge in [0.1, 0.15) is 0 Å². The third-order valence-corrected chi connectivity index (χ3v) is 2.77. The fraction of sp³-hybridized carbons (Fsp3) is 0.800. The molecule has 1 saturated heterocycles. The molecule has 0 radical (unpaired) electrons. The number of rotatable bonds is 1. The predicted molar refractivity (Wildman–Crippen MR) is 47.5 cm³/mol. The second kappa shape index (κ2) is 3.40. The van der Waals surface area contributed by atoms with Crippen LogP contribution in [0.15, 0.2) is 12.7 Å². The van der Waals surface area contributed by atoms with E-state index in [1.165, 1.54) is 0 Å². The Morgan fingerprint density at radius 2 is 2.00 bits per heavy atom. The Morgan fingerprint density at radius 3 is 2.55 bits per heavy atom. The second-order valence-electron chi connectivity index (χ2n) is 3.65. The lowest BCUT2D eigenvalue weighted by Gasteiger charge is -2.36. The molecule has 1 heteroatoms. The Balaban J connectivity index is 2.58. The van der Waals surface area contributed by atoms with Gasteiger partial charge in [-0.05, 0) is 32.1 Å². The average molecular weight is 154 g/mol. The van der Waals surface area contributed by atoms with Crippen molar-refractivity contribution in [3.63, 3.8) is 0 Å². The number of ether oxygens (including phenoxy) is 1. The highest BCUT2D eigenvalue weighted by atomic mass is 16.5. The van der Waals surface area contributed by atoms with Gasteiger partial charge < -0.3 is 4.74 Å². The topological polar surface area (TPSA) is 9.23 Å². The molecular weight excluding hydrogens is 136 g/mol. The van der Waals surface area contributed by atoms with Gasteiger partial charge in [-0.2, -0.15) is 0 Å². The number of hydrogen-bond donors (Lipinski definition) is 0. The van der Waals surface area contributed by atoms with Crippen molar-refractivity contribution >= 4 is 0 Å². The van der Waals surface area contributed by atoms with E-state index in [1.807, 2.05) is 0 Å². The SMILES string of the molecule is C=C[C@@H]1C[C@@H](C)O[C@@H](C)[C@H]1C. The summed E-state index contributed by atoms with van der Waals surface area (Å²) in [7, 11) is 0. The first-order valence-electron chi connectivity index (χ1n) is 4.43. The minimum absolute atomic E-state index is 0.391. The fourth-order valence-electron chi connectivity index (χ4n) is 1.80. The summed E-state index contributed by atoms with van der Waals surface area (Å²) in [6.07, 6.45) is 4.00. The minimum Gasteiger partial charge on any atom is -0.375 e. The first kappa shape index (κ1) is 8.79. The highest BCUT2D eigenvalue weighted by Gasteiger charge is 2.29. The third-order valence-electron chi connectivity index (χ3n) is 2.77. The summed E-state index contributed by atoms with van der Waals surface area (Å²) >= 11 is 0. The van der Waals surface area contributed by atoms with Gasteiger partial charge in [-0.25, -0.2) is 0 Å². The predicted octanol–water partition coefficient (Wildman–Crippen LogP) is 2.62. The van der Waals surface area contributed by atoms with E-state index in [0.29, 0.717) is 24.0 Å². The Morgan fingerprint density at radius 1 is 1.36 bits per heavy atom. The lowest BCUT2D eigenvalue weighted by atomic mass is 9.83. The molecule has 0 N–H and O–H groups in total. The highest BCUT2D eigenvalue weighted by Crippen LogP contribution is 2.30. The molecule has 0 amide bonds. The van der Waals surface area contributed by atoms with Crippen molar-refractivity contribution < 1.29 is 4.74 Å². The molecule has 0 aromatic heterocycles. The largest absolute Gasteiger partial charge is 0.375 e. The maximum atomic E-state index is 5.68. The second-order valence-corrected chi connectivity index (χ2v) is 3.65. The zero-order chi connectivity index (χ0) is 8.43. The molecule has 1 heterocycles. The van der Waals surface area contributed by atoms with Crippen LogP contribution in [0.5, 0.6) is 0 Å². The zero-order valence-corrected chi connectivity index (χ0v) is 7.71. The van der Waals surface area contributed by atoms with Gasteiger partial charge in [0, 0.05) is 0 Å². The first-order valence-corrected chi connectivity index (χ1v) is 4.43. The lowest BCUT2D eigenvalue weighted by molar-refractivity contribution is -0.0768. The Kier molecular flexibility index (Phi) is 2.72. The molecule has 11 heavy (non-hydrogen) atoms. The van der Waals surface area contributed by atoms with Crippen LogP contribution in [0.3, 0.4) is 0 Å². The molecule has 1 aliphatic rings. The summed E-state index contributed by atoms with van der Waals surface area (Å²) in [4.78, 5) is 0. The Bertz CT molecular complexity index is 142. The van der Waals surface area contributed by atoms with Crippen molar-refractivity contribution in [3.8, 4) is 0 Å². The van der Waals surface area contributed by atoms with Crippen LogP contribution in [-0.2, 0) is 4.74 Å². The maximum Gasteiger partial charge on any atom is 0.0581 e. The van der Waals surface area contributed by atoms with E-state index < -0.39 is 0 Å². The first-order chi connectivity index (χ1) is 5.15. The molecule has 0 saturated carbocycles. The van der Waals surface area contributed by atoms with Crippen LogP contribution in [0, 0.1) is 11.8 Å². The standard InChI is InChI=1S/C10H18O/c1-5-10-6-7(2)11-9(4)8(10)3/h5,7-10H,1,6H2,2-4H3/t7-,8-,9+,10-/m1/s1. The molecule has 0 unspecified atom stereocenters. The summed E-state index contributed by atoms with van der Waals surface area (Å²) in [6, 6.07) is 0. The van der Waals surface area contributed by atoms with E-state index in [2.05, 4.69) is 33.4 Å². The van der Waals surface area contributed by atoms with Crippen LogP contribution in [-0.4, -0.2) is 12.2 Å². The molecule has 0 aliphatic carbocycles. The Hall–Kier alpha value is -0.300. The summed E-state index contributed by atoms with van der Waals surface area (Å²) in [5.74, 6) is 1.28. The van der Waals surface area contributed by atoms with Crippen molar-refractivity contribution in [1.29, 1.82) is 0 Å². The summed E-state index contributed by atoms with van der Waals surface area (Å²) in [5, 5.41) is 0. The van der Waals surface area contributed by atoms with Crippen LogP contribution < -0.4 is 0 Å². The highest BCUT2D eigenvalue weighted by molar-refractivity contribution is 4.89. The summed E-state index contributed by atoms with van der Waals surface area (Å²) < 4.78 is 5.68. The number of allylic oxidation sites excluding steroid dienone is 1. The molecule has 0 bridgehead atoms. The van der Waals surface area contributed by atoms with Gasteiger partial charge >= 0.3 is 0 Å². The van der Waals surface area contributed by atoms with Gasteiger partial charge in [0.25, 0.3) is 0 Å². The van der Waals surface area contributed by atoms with Crippen LogP contribution in [0.4, 0.5) is 0 Å².